The van der Waals surface area contributed by atoms with E-state index in [0.29, 0.717) is 33.4 Å². The molecule has 0 heterocycles. The minimum Gasteiger partial charge on any atom is -0.192 e. The maximum absolute atomic E-state index is 10.6. The highest BCUT2D eigenvalue weighted by molar-refractivity contribution is 6.41. The maximum atomic E-state index is 10.6. The normalized spacial score (nSPS) is 11.9. The molecule has 0 saturated heterocycles. The first-order chi connectivity index (χ1) is 27.7. The summed E-state index contributed by atoms with van der Waals surface area (Å²) in [6, 6.07) is 55.0. The fourth-order valence-corrected chi connectivity index (χ4v) is 10.2. The standard InChI is InChI=1S/C52H22N4/c53-23-27-7-5-13-33(43(27)25-55)48-31-11-3-4-12-32(31)49(34-14-6-8-28(24-54)44(34)26-56)52-42-22-20-40-38-18-16-36-30-10-2-1-9-29(30)35-15-17-37(46(38)45(35)36)39-19-21-41(51(48)52)50(42)47(39)40/h1-22H. The Labute approximate surface area is 320 Å². The van der Waals surface area contributed by atoms with Gasteiger partial charge in [-0.1, -0.05) is 121 Å². The van der Waals surface area contributed by atoms with Gasteiger partial charge >= 0.3 is 0 Å². The number of nitrogens with zero attached hydrogens (tertiary/aromatic N) is 4. The third kappa shape index (κ3) is 3.50. The average molecular weight is 703 g/mol. The van der Waals surface area contributed by atoms with Crippen LogP contribution in [0.4, 0.5) is 0 Å². The summed E-state index contributed by atoms with van der Waals surface area (Å²) in [7, 11) is 0. The van der Waals surface area contributed by atoms with Crippen LogP contribution in [-0.4, -0.2) is 0 Å². The molecule has 0 aliphatic heterocycles. The van der Waals surface area contributed by atoms with Crippen LogP contribution in [0.15, 0.2) is 133 Å². The second-order valence-corrected chi connectivity index (χ2v) is 14.6. The van der Waals surface area contributed by atoms with Gasteiger partial charge < -0.3 is 0 Å². The predicted octanol–water partition coefficient (Wildman–Crippen LogP) is 13.0. The van der Waals surface area contributed by atoms with Gasteiger partial charge in [-0.2, -0.15) is 21.0 Å². The van der Waals surface area contributed by atoms with Crippen molar-refractivity contribution >= 4 is 53.9 Å². The number of fused-ring (bicyclic) bond motifs is 9. The fourth-order valence-electron chi connectivity index (χ4n) is 10.2. The van der Waals surface area contributed by atoms with E-state index in [1.54, 1.807) is 12.1 Å². The van der Waals surface area contributed by atoms with Gasteiger partial charge in [-0.3, -0.25) is 0 Å². The second kappa shape index (κ2) is 10.7. The third-order valence-electron chi connectivity index (χ3n) is 12.3. The van der Waals surface area contributed by atoms with Crippen molar-refractivity contribution in [3.63, 3.8) is 0 Å². The van der Waals surface area contributed by atoms with Crippen molar-refractivity contribution in [2.24, 2.45) is 0 Å². The van der Waals surface area contributed by atoms with Crippen LogP contribution in [0.25, 0.3) is 121 Å². The Morgan fingerprint density at radius 2 is 0.625 bits per heavy atom. The van der Waals surface area contributed by atoms with E-state index in [1.165, 1.54) is 60.0 Å². The molecule has 0 N–H and O–H groups in total. The maximum Gasteiger partial charge on any atom is 0.101 e. The van der Waals surface area contributed by atoms with Crippen molar-refractivity contribution < 1.29 is 0 Å². The summed E-state index contributed by atoms with van der Waals surface area (Å²) in [6.45, 7) is 0. The van der Waals surface area contributed by atoms with Crippen LogP contribution >= 0.6 is 0 Å². The van der Waals surface area contributed by atoms with Crippen LogP contribution in [0.5, 0.6) is 0 Å². The molecule has 0 atom stereocenters. The van der Waals surface area contributed by atoms with Gasteiger partial charge in [0.1, 0.15) is 24.3 Å². The molecule has 250 valence electrons. The number of nitriles is 4. The minimum absolute atomic E-state index is 0.316. The molecular formula is C52H22N4. The van der Waals surface area contributed by atoms with E-state index in [9.17, 15) is 21.0 Å². The van der Waals surface area contributed by atoms with Crippen molar-refractivity contribution in [2.45, 2.75) is 0 Å². The molecular weight excluding hydrogens is 681 g/mol. The Morgan fingerprint density at radius 3 is 1.04 bits per heavy atom. The van der Waals surface area contributed by atoms with E-state index >= 15 is 0 Å². The molecule has 0 aromatic heterocycles. The summed E-state index contributed by atoms with van der Waals surface area (Å²) in [5.74, 6) is 0. The molecule has 0 saturated carbocycles. The summed E-state index contributed by atoms with van der Waals surface area (Å²) < 4.78 is 0. The number of rotatable bonds is 2. The van der Waals surface area contributed by atoms with Gasteiger partial charge in [-0.25, -0.2) is 0 Å². The Morgan fingerprint density at radius 1 is 0.250 bits per heavy atom. The van der Waals surface area contributed by atoms with Crippen LogP contribution in [0, 0.1) is 45.3 Å². The first-order valence-corrected chi connectivity index (χ1v) is 18.4. The van der Waals surface area contributed by atoms with Gasteiger partial charge in [0.25, 0.3) is 0 Å². The van der Waals surface area contributed by atoms with Crippen LogP contribution < -0.4 is 0 Å². The molecule has 12 rings (SSSR count). The lowest BCUT2D eigenvalue weighted by atomic mass is 9.80. The van der Waals surface area contributed by atoms with Crippen LogP contribution in [-0.2, 0) is 0 Å². The summed E-state index contributed by atoms with van der Waals surface area (Å²) in [5.41, 5.74) is 13.4. The smallest absolute Gasteiger partial charge is 0.101 e. The average Bonchev–Trinajstić information content (AvgIpc) is 3.77. The number of benzene rings is 10. The van der Waals surface area contributed by atoms with Crippen LogP contribution in [0.3, 0.4) is 0 Å². The molecule has 0 bridgehead atoms. The molecule has 0 unspecified atom stereocenters. The van der Waals surface area contributed by atoms with Crippen LogP contribution in [0.2, 0.25) is 0 Å². The van der Waals surface area contributed by atoms with Crippen molar-refractivity contribution in [1.29, 1.82) is 21.0 Å². The molecule has 2 aliphatic carbocycles. The zero-order chi connectivity index (χ0) is 37.4. The molecule has 56 heavy (non-hydrogen) atoms. The Balaban J connectivity index is 1.30. The lowest BCUT2D eigenvalue weighted by molar-refractivity contribution is 1.43. The summed E-state index contributed by atoms with van der Waals surface area (Å²) >= 11 is 0. The summed E-state index contributed by atoms with van der Waals surface area (Å²) in [4.78, 5) is 0. The topological polar surface area (TPSA) is 95.2 Å². The van der Waals surface area contributed by atoms with Gasteiger partial charge in [-0.15, -0.1) is 0 Å². The van der Waals surface area contributed by atoms with Crippen molar-refractivity contribution in [2.75, 3.05) is 0 Å². The SMILES string of the molecule is N#Cc1cccc(-c2c3c(c(-c4cccc(C#N)c4C#N)c4ccccc24)-c2ccc4c5ccc6c7c(ccc(c8ccc-3c2c84)c75)-c2ccccc2-6)c1C#N. The predicted molar refractivity (Wildman–Crippen MR) is 224 cm³/mol. The fraction of sp³-hybridized carbons (Fsp3) is 0. The largest absolute Gasteiger partial charge is 0.192 e. The quantitative estimate of drug-likeness (QED) is 0.132. The van der Waals surface area contributed by atoms with Gasteiger partial charge in [0, 0.05) is 11.1 Å². The molecule has 2 aliphatic rings. The van der Waals surface area contributed by atoms with E-state index in [4.69, 9.17) is 0 Å². The van der Waals surface area contributed by atoms with Gasteiger partial charge in [0.15, 0.2) is 0 Å². The zero-order valence-electron chi connectivity index (χ0n) is 29.5. The van der Waals surface area contributed by atoms with Gasteiger partial charge in [0.05, 0.1) is 22.3 Å². The van der Waals surface area contributed by atoms with Crippen LogP contribution in [0.1, 0.15) is 22.3 Å². The number of hydrogen-bond acceptors (Lipinski definition) is 4. The van der Waals surface area contributed by atoms with Gasteiger partial charge in [0.2, 0.25) is 0 Å². The molecule has 0 radical (unpaired) electrons. The molecule has 10 aromatic rings. The highest BCUT2D eigenvalue weighted by Gasteiger charge is 2.34. The Kier molecular flexibility index (Phi) is 5.75. The lowest BCUT2D eigenvalue weighted by Crippen LogP contribution is -1.98. The molecule has 0 fully saturated rings. The van der Waals surface area contributed by atoms with Gasteiger partial charge in [-0.05, 0) is 122 Å². The van der Waals surface area contributed by atoms with Crippen molar-refractivity contribution in [1.82, 2.24) is 0 Å². The molecule has 4 heteroatoms. The van der Waals surface area contributed by atoms with E-state index in [2.05, 4.69) is 109 Å². The summed E-state index contributed by atoms with van der Waals surface area (Å²) in [5, 5.41) is 52.9. The Bertz CT molecular complexity index is 3460. The van der Waals surface area contributed by atoms with E-state index in [1.807, 2.05) is 36.4 Å². The zero-order valence-corrected chi connectivity index (χ0v) is 29.5. The third-order valence-corrected chi connectivity index (χ3v) is 12.3. The molecule has 10 aromatic carbocycles. The van der Waals surface area contributed by atoms with Crippen molar-refractivity contribution in [3.8, 4) is 91.0 Å². The number of hydrogen-bond donors (Lipinski definition) is 0. The Hall–Kier alpha value is -8.28. The highest BCUT2D eigenvalue weighted by atomic mass is 14.4. The highest BCUT2D eigenvalue weighted by Crippen LogP contribution is 2.61. The monoisotopic (exact) mass is 702 g/mol. The van der Waals surface area contributed by atoms with E-state index in [0.717, 1.165) is 49.5 Å². The lowest BCUT2D eigenvalue weighted by Gasteiger charge is -2.21. The van der Waals surface area contributed by atoms with E-state index in [-0.39, 0.29) is 0 Å². The minimum atomic E-state index is 0.316. The molecule has 0 spiro atoms. The molecule has 0 amide bonds. The first kappa shape index (κ1) is 30.2. The molecule has 4 nitrogen and oxygen atoms in total. The first-order valence-electron chi connectivity index (χ1n) is 18.4. The summed E-state index contributed by atoms with van der Waals surface area (Å²) in [6.07, 6.45) is 0. The second-order valence-electron chi connectivity index (χ2n) is 14.6. The van der Waals surface area contributed by atoms with Crippen molar-refractivity contribution in [3.05, 3.63) is 156 Å². The van der Waals surface area contributed by atoms with E-state index < -0.39 is 0 Å².